The number of thiophene rings is 1. The Bertz CT molecular complexity index is 1110. The predicted octanol–water partition coefficient (Wildman–Crippen LogP) is 3.21. The van der Waals surface area contributed by atoms with Gasteiger partial charge in [-0.15, -0.1) is 11.3 Å². The van der Waals surface area contributed by atoms with E-state index in [1.54, 1.807) is 32.1 Å². The second-order valence-corrected chi connectivity index (χ2v) is 9.71. The Morgan fingerprint density at radius 2 is 1.76 bits per heavy atom. The summed E-state index contributed by atoms with van der Waals surface area (Å²) >= 11 is 1.57. The molecule has 2 atom stereocenters. The fourth-order valence-electron chi connectivity index (χ4n) is 3.51. The van der Waals surface area contributed by atoms with E-state index in [0.29, 0.717) is 6.41 Å². The first-order chi connectivity index (χ1) is 15.7. The van der Waals surface area contributed by atoms with E-state index in [2.05, 4.69) is 5.32 Å². The number of hydrogen-bond acceptors (Lipinski definition) is 5. The zero-order valence-corrected chi connectivity index (χ0v) is 19.8. The van der Waals surface area contributed by atoms with E-state index in [0.717, 1.165) is 26.3 Å². The Morgan fingerprint density at radius 1 is 1.09 bits per heavy atom. The highest BCUT2D eigenvalue weighted by Crippen LogP contribution is 2.28. The number of amides is 3. The van der Waals surface area contributed by atoms with Gasteiger partial charge in [-0.1, -0.05) is 48.5 Å². The minimum Gasteiger partial charge on any atom is -0.368 e. The van der Waals surface area contributed by atoms with Crippen molar-refractivity contribution in [3.63, 3.8) is 0 Å². The Morgan fingerprint density at radius 3 is 2.39 bits per heavy atom. The van der Waals surface area contributed by atoms with Gasteiger partial charge in [0.05, 0.1) is 5.60 Å². The molecule has 1 heterocycles. The number of nitrogens with one attached hydrogen (secondary N) is 1. The lowest BCUT2D eigenvalue weighted by Gasteiger charge is -2.33. The SMILES string of the molecule is CC(C)(C)ON(C=O)[C@@H](Cc1csc2ccccc12)C(=O)N[C@H](Cc1ccccc1)C(N)=O. The number of benzene rings is 2. The molecule has 7 nitrogen and oxygen atoms in total. The average molecular weight is 468 g/mol. The molecule has 0 spiro atoms. The number of carbonyl (C=O) groups is 3. The fraction of sp³-hybridized carbons (Fsp3) is 0.320. The van der Waals surface area contributed by atoms with Crippen LogP contribution in [0.5, 0.6) is 0 Å². The molecule has 0 aliphatic rings. The van der Waals surface area contributed by atoms with Crippen LogP contribution in [0.3, 0.4) is 0 Å². The topological polar surface area (TPSA) is 102 Å². The largest absolute Gasteiger partial charge is 0.368 e. The number of carbonyl (C=O) groups excluding carboxylic acids is 3. The van der Waals surface area contributed by atoms with Crippen molar-refractivity contribution in [1.82, 2.24) is 10.4 Å². The molecule has 2 aromatic carbocycles. The van der Waals surface area contributed by atoms with Gasteiger partial charge >= 0.3 is 0 Å². The van der Waals surface area contributed by atoms with Crippen LogP contribution < -0.4 is 11.1 Å². The minimum atomic E-state index is -0.989. The number of fused-ring (bicyclic) bond motifs is 1. The molecule has 0 radical (unpaired) electrons. The van der Waals surface area contributed by atoms with Crippen LogP contribution in [0.2, 0.25) is 0 Å². The van der Waals surface area contributed by atoms with Crippen LogP contribution in [0.15, 0.2) is 60.0 Å². The van der Waals surface area contributed by atoms with E-state index < -0.39 is 29.5 Å². The van der Waals surface area contributed by atoms with Crippen molar-refractivity contribution in [3.05, 3.63) is 71.1 Å². The van der Waals surface area contributed by atoms with Crippen molar-refractivity contribution >= 4 is 39.6 Å². The normalized spacial score (nSPS) is 13.3. The van der Waals surface area contributed by atoms with Crippen LogP contribution in [-0.4, -0.2) is 41.0 Å². The van der Waals surface area contributed by atoms with E-state index in [1.807, 2.05) is 60.0 Å². The molecule has 0 unspecified atom stereocenters. The van der Waals surface area contributed by atoms with Gasteiger partial charge in [0.25, 0.3) is 0 Å². The number of hydrogen-bond donors (Lipinski definition) is 2. The molecule has 0 saturated heterocycles. The number of rotatable bonds is 10. The molecule has 1 aromatic heterocycles. The molecule has 33 heavy (non-hydrogen) atoms. The highest BCUT2D eigenvalue weighted by Gasteiger charge is 2.32. The third-order valence-corrected chi connectivity index (χ3v) is 6.02. The molecule has 0 saturated carbocycles. The summed E-state index contributed by atoms with van der Waals surface area (Å²) in [5.41, 5.74) is 6.66. The van der Waals surface area contributed by atoms with Gasteiger partial charge in [-0.25, -0.2) is 5.06 Å². The number of nitrogens with zero attached hydrogens (tertiary/aromatic N) is 1. The summed E-state index contributed by atoms with van der Waals surface area (Å²) in [6.07, 6.45) is 0.971. The molecule has 0 fully saturated rings. The highest BCUT2D eigenvalue weighted by molar-refractivity contribution is 7.17. The molecule has 174 valence electrons. The maximum atomic E-state index is 13.4. The zero-order chi connectivity index (χ0) is 24.0. The minimum absolute atomic E-state index is 0.224. The quantitative estimate of drug-likeness (QED) is 0.353. The summed E-state index contributed by atoms with van der Waals surface area (Å²) in [5.74, 6) is -1.16. The van der Waals surface area contributed by atoms with Gasteiger partial charge in [0.1, 0.15) is 12.1 Å². The molecule has 0 aliphatic carbocycles. The monoisotopic (exact) mass is 467 g/mol. The number of primary amides is 1. The van der Waals surface area contributed by atoms with E-state index >= 15 is 0 Å². The maximum absolute atomic E-state index is 13.4. The Hall–Kier alpha value is -3.23. The van der Waals surface area contributed by atoms with Crippen molar-refractivity contribution in [2.75, 3.05) is 0 Å². The van der Waals surface area contributed by atoms with E-state index in [4.69, 9.17) is 10.6 Å². The number of nitrogens with two attached hydrogens (primary N) is 1. The Labute approximate surface area is 197 Å². The molecule has 3 amide bonds. The second-order valence-electron chi connectivity index (χ2n) is 8.80. The van der Waals surface area contributed by atoms with Crippen LogP contribution in [0.1, 0.15) is 31.9 Å². The molecule has 3 rings (SSSR count). The van der Waals surface area contributed by atoms with Gasteiger partial charge in [-0.2, -0.15) is 0 Å². The van der Waals surface area contributed by atoms with Gasteiger partial charge < -0.3 is 11.1 Å². The maximum Gasteiger partial charge on any atom is 0.246 e. The van der Waals surface area contributed by atoms with Gasteiger partial charge in [0.2, 0.25) is 18.2 Å². The van der Waals surface area contributed by atoms with Gasteiger partial charge in [0.15, 0.2) is 0 Å². The Balaban J connectivity index is 1.88. The standard InChI is InChI=1S/C25H29N3O4S/c1-25(2,3)32-28(16-29)21(14-18-15-33-22-12-8-7-11-19(18)22)24(31)27-20(23(26)30)13-17-9-5-4-6-10-17/h4-12,15-16,20-21H,13-14H2,1-3H3,(H2,26,30)(H,27,31)/t20-,21+/m1/s1. The molecule has 3 N–H and O–H groups in total. The van der Waals surface area contributed by atoms with Gasteiger partial charge in [-0.3, -0.25) is 19.2 Å². The van der Waals surface area contributed by atoms with E-state index in [1.165, 1.54) is 0 Å². The first-order valence-electron chi connectivity index (χ1n) is 10.7. The Kier molecular flexibility index (Phi) is 7.84. The van der Waals surface area contributed by atoms with Crippen molar-refractivity contribution in [2.45, 2.75) is 51.3 Å². The first kappa shape index (κ1) is 24.4. The van der Waals surface area contributed by atoms with Crippen molar-refractivity contribution in [3.8, 4) is 0 Å². The van der Waals surface area contributed by atoms with Crippen molar-refractivity contribution in [1.29, 1.82) is 0 Å². The molecule has 0 aliphatic heterocycles. The molecular weight excluding hydrogens is 438 g/mol. The predicted molar refractivity (Wildman–Crippen MR) is 129 cm³/mol. The van der Waals surface area contributed by atoms with Gasteiger partial charge in [-0.05, 0) is 48.7 Å². The van der Waals surface area contributed by atoms with Crippen LogP contribution in [-0.2, 0) is 32.1 Å². The van der Waals surface area contributed by atoms with Crippen LogP contribution in [0.25, 0.3) is 10.1 Å². The van der Waals surface area contributed by atoms with E-state index in [-0.39, 0.29) is 12.8 Å². The second kappa shape index (κ2) is 10.6. The molecule has 8 heteroatoms. The lowest BCUT2D eigenvalue weighted by atomic mass is 10.0. The van der Waals surface area contributed by atoms with Crippen molar-refractivity contribution in [2.24, 2.45) is 5.73 Å². The average Bonchev–Trinajstić information content (AvgIpc) is 3.18. The smallest absolute Gasteiger partial charge is 0.246 e. The lowest BCUT2D eigenvalue weighted by Crippen LogP contribution is -2.55. The van der Waals surface area contributed by atoms with Crippen LogP contribution in [0.4, 0.5) is 0 Å². The number of hydroxylamine groups is 2. The summed E-state index contributed by atoms with van der Waals surface area (Å²) in [7, 11) is 0. The van der Waals surface area contributed by atoms with Gasteiger partial charge in [0, 0.05) is 17.5 Å². The summed E-state index contributed by atoms with van der Waals surface area (Å²) in [6.45, 7) is 5.38. The summed E-state index contributed by atoms with van der Waals surface area (Å²) in [4.78, 5) is 43.3. The van der Waals surface area contributed by atoms with Crippen LogP contribution in [0, 0.1) is 0 Å². The summed E-state index contributed by atoms with van der Waals surface area (Å²) in [6, 6.07) is 15.2. The van der Waals surface area contributed by atoms with E-state index in [9.17, 15) is 14.4 Å². The first-order valence-corrected chi connectivity index (χ1v) is 11.6. The summed E-state index contributed by atoms with van der Waals surface area (Å²) in [5, 5.41) is 6.75. The van der Waals surface area contributed by atoms with Crippen LogP contribution >= 0.6 is 11.3 Å². The third kappa shape index (κ3) is 6.63. The lowest BCUT2D eigenvalue weighted by molar-refractivity contribution is -0.231. The highest BCUT2D eigenvalue weighted by atomic mass is 32.1. The van der Waals surface area contributed by atoms with Crippen molar-refractivity contribution < 1.29 is 19.2 Å². The molecule has 0 bridgehead atoms. The molecular formula is C25H29N3O4S. The third-order valence-electron chi connectivity index (χ3n) is 5.01. The fourth-order valence-corrected chi connectivity index (χ4v) is 4.49. The zero-order valence-electron chi connectivity index (χ0n) is 19.0. The summed E-state index contributed by atoms with van der Waals surface area (Å²) < 4.78 is 1.08. The molecule has 3 aromatic rings.